The summed E-state index contributed by atoms with van der Waals surface area (Å²) < 4.78 is 12.0. The van der Waals surface area contributed by atoms with Crippen molar-refractivity contribution < 1.29 is 23.9 Å². The molecule has 2 heterocycles. The van der Waals surface area contributed by atoms with Crippen LogP contribution in [0.25, 0.3) is 0 Å². The lowest BCUT2D eigenvalue weighted by Gasteiger charge is -2.57. The molecule has 0 bridgehead atoms. The Labute approximate surface area is 280 Å². The second-order valence-corrected chi connectivity index (χ2v) is 16.3. The first-order chi connectivity index (χ1) is 21.5. The third-order valence-corrected chi connectivity index (χ3v) is 10.4. The molecule has 0 aromatic heterocycles. The van der Waals surface area contributed by atoms with E-state index in [0.29, 0.717) is 30.7 Å². The SMILES string of the molecule is CC(ON1C(C)(C)CC(OC(=O)CCCCCCCCC(=O)OC2CC(C(C)C)NC(C)(C)C2)CC1(C)C(C)C)c1ccccc1. The number of nitrogens with zero attached hydrogens (tertiary/aromatic N) is 1. The molecule has 5 unspecified atom stereocenters. The maximum atomic E-state index is 12.9. The molecule has 46 heavy (non-hydrogen) atoms. The van der Waals surface area contributed by atoms with Gasteiger partial charge in [-0.05, 0) is 71.8 Å². The van der Waals surface area contributed by atoms with E-state index in [9.17, 15) is 9.59 Å². The molecule has 2 aliphatic rings. The molecule has 262 valence electrons. The van der Waals surface area contributed by atoms with Gasteiger partial charge in [0.2, 0.25) is 0 Å². The second-order valence-electron chi connectivity index (χ2n) is 16.3. The lowest BCUT2D eigenvalue weighted by molar-refractivity contribution is -0.326. The highest BCUT2D eigenvalue weighted by molar-refractivity contribution is 5.69. The number of hydrogen-bond acceptors (Lipinski definition) is 7. The van der Waals surface area contributed by atoms with Gasteiger partial charge in [-0.15, -0.1) is 0 Å². The van der Waals surface area contributed by atoms with Crippen molar-refractivity contribution in [2.75, 3.05) is 0 Å². The van der Waals surface area contributed by atoms with Crippen LogP contribution in [-0.2, 0) is 23.9 Å². The summed E-state index contributed by atoms with van der Waals surface area (Å²) in [5.41, 5.74) is 0.572. The predicted octanol–water partition coefficient (Wildman–Crippen LogP) is 9.10. The van der Waals surface area contributed by atoms with E-state index in [-0.39, 0.29) is 46.9 Å². The van der Waals surface area contributed by atoms with Gasteiger partial charge in [0.05, 0.1) is 0 Å². The fourth-order valence-electron chi connectivity index (χ4n) is 7.53. The van der Waals surface area contributed by atoms with Gasteiger partial charge in [-0.1, -0.05) is 83.7 Å². The standard InChI is InChI=1S/C39H66N2O5/c1-28(2)34-24-32(25-37(6,7)40-34)44-35(42)22-18-13-11-12-14-19-23-36(43)45-33-26-38(8,9)41(39(10,27-33)29(3)4)46-30(5)31-20-16-15-17-21-31/h15-17,20-21,28-30,32-34,40H,11-14,18-19,22-27H2,1-10H3. The van der Waals surface area contributed by atoms with Crippen LogP contribution in [0.3, 0.4) is 0 Å². The van der Waals surface area contributed by atoms with Gasteiger partial charge in [0.1, 0.15) is 18.3 Å². The molecule has 1 aromatic carbocycles. The molecule has 0 amide bonds. The molecule has 1 aromatic rings. The zero-order chi connectivity index (χ0) is 34.1. The van der Waals surface area contributed by atoms with E-state index < -0.39 is 0 Å². The quantitative estimate of drug-likeness (QED) is 0.142. The number of piperidine rings is 2. The molecule has 2 saturated heterocycles. The number of rotatable bonds is 16. The van der Waals surface area contributed by atoms with Gasteiger partial charge < -0.3 is 14.8 Å². The summed E-state index contributed by atoms with van der Waals surface area (Å²) in [6.07, 6.45) is 9.83. The molecule has 2 aliphatic heterocycles. The van der Waals surface area contributed by atoms with E-state index in [2.05, 4.69) is 91.8 Å². The summed E-state index contributed by atoms with van der Waals surface area (Å²) in [4.78, 5) is 32.1. The minimum atomic E-state index is -0.293. The minimum absolute atomic E-state index is 0.00492. The molecule has 7 heteroatoms. The lowest BCUT2D eigenvalue weighted by atomic mass is 9.73. The van der Waals surface area contributed by atoms with Gasteiger partial charge in [0.15, 0.2) is 0 Å². The van der Waals surface area contributed by atoms with Crippen LogP contribution < -0.4 is 5.32 Å². The van der Waals surface area contributed by atoms with Crippen molar-refractivity contribution in [3.63, 3.8) is 0 Å². The lowest BCUT2D eigenvalue weighted by Crippen LogP contribution is -2.65. The van der Waals surface area contributed by atoms with Crippen LogP contribution in [0.5, 0.6) is 0 Å². The Morgan fingerprint density at radius 1 is 0.783 bits per heavy atom. The Hall–Kier alpha value is -1.96. The molecular formula is C39H66N2O5. The van der Waals surface area contributed by atoms with E-state index in [4.69, 9.17) is 14.3 Å². The molecule has 0 saturated carbocycles. The van der Waals surface area contributed by atoms with Crippen LogP contribution in [0.4, 0.5) is 0 Å². The number of benzene rings is 1. The van der Waals surface area contributed by atoms with Crippen molar-refractivity contribution in [2.24, 2.45) is 11.8 Å². The second kappa shape index (κ2) is 16.9. The zero-order valence-corrected chi connectivity index (χ0v) is 30.8. The van der Waals surface area contributed by atoms with E-state index in [1.165, 1.54) is 0 Å². The van der Waals surface area contributed by atoms with Crippen LogP contribution in [0.2, 0.25) is 0 Å². The molecule has 2 fully saturated rings. The summed E-state index contributed by atoms with van der Waals surface area (Å²) in [5, 5.41) is 5.89. The van der Waals surface area contributed by atoms with Crippen LogP contribution >= 0.6 is 0 Å². The molecule has 0 spiro atoms. The minimum Gasteiger partial charge on any atom is -0.462 e. The molecule has 0 aliphatic carbocycles. The number of carbonyl (C=O) groups is 2. The number of ether oxygens (including phenoxy) is 2. The first kappa shape index (κ1) is 38.5. The van der Waals surface area contributed by atoms with Crippen molar-refractivity contribution in [1.29, 1.82) is 0 Å². The average Bonchev–Trinajstić information content (AvgIpc) is 2.95. The third-order valence-electron chi connectivity index (χ3n) is 10.4. The summed E-state index contributed by atoms with van der Waals surface area (Å²) in [7, 11) is 0. The first-order valence-electron chi connectivity index (χ1n) is 18.2. The normalized spacial score (nSPS) is 27.0. The highest BCUT2D eigenvalue weighted by Crippen LogP contribution is 2.45. The Balaban J connectivity index is 1.34. The van der Waals surface area contributed by atoms with Gasteiger partial charge in [0.25, 0.3) is 0 Å². The van der Waals surface area contributed by atoms with E-state index in [0.717, 1.165) is 69.8 Å². The monoisotopic (exact) mass is 642 g/mol. The van der Waals surface area contributed by atoms with Crippen LogP contribution in [0.15, 0.2) is 30.3 Å². The van der Waals surface area contributed by atoms with Gasteiger partial charge >= 0.3 is 11.9 Å². The number of hydrogen-bond donors (Lipinski definition) is 1. The molecule has 3 rings (SSSR count). The number of unbranched alkanes of at least 4 members (excludes halogenated alkanes) is 5. The maximum Gasteiger partial charge on any atom is 0.306 e. The van der Waals surface area contributed by atoms with Gasteiger partial charge in [-0.3, -0.25) is 14.4 Å². The van der Waals surface area contributed by atoms with E-state index in [1.807, 2.05) is 18.2 Å². The largest absolute Gasteiger partial charge is 0.462 e. The highest BCUT2D eigenvalue weighted by Gasteiger charge is 2.52. The van der Waals surface area contributed by atoms with Gasteiger partial charge in [-0.2, -0.15) is 5.06 Å². The molecular weight excluding hydrogens is 576 g/mol. The summed E-state index contributed by atoms with van der Waals surface area (Å²) in [5.74, 6) is 0.672. The summed E-state index contributed by atoms with van der Waals surface area (Å²) >= 11 is 0. The topological polar surface area (TPSA) is 77.1 Å². The molecule has 1 N–H and O–H groups in total. The number of hydroxylamine groups is 2. The molecule has 0 radical (unpaired) electrons. The van der Waals surface area contributed by atoms with Crippen molar-refractivity contribution >= 4 is 11.9 Å². The van der Waals surface area contributed by atoms with Gasteiger partial charge in [-0.25, -0.2) is 0 Å². The van der Waals surface area contributed by atoms with Gasteiger partial charge in [0, 0.05) is 61.2 Å². The van der Waals surface area contributed by atoms with Crippen molar-refractivity contribution in [3.8, 4) is 0 Å². The Bertz CT molecular complexity index is 1090. The zero-order valence-electron chi connectivity index (χ0n) is 30.8. The Kier molecular flexibility index (Phi) is 14.2. The Morgan fingerprint density at radius 3 is 1.87 bits per heavy atom. The predicted molar refractivity (Wildman–Crippen MR) is 186 cm³/mol. The van der Waals surface area contributed by atoms with E-state index >= 15 is 0 Å². The molecule has 5 atom stereocenters. The summed E-state index contributed by atoms with van der Waals surface area (Å²) in [6, 6.07) is 10.7. The van der Waals surface area contributed by atoms with Crippen LogP contribution in [0, 0.1) is 11.8 Å². The van der Waals surface area contributed by atoms with Crippen molar-refractivity contribution in [2.45, 2.75) is 187 Å². The summed E-state index contributed by atoms with van der Waals surface area (Å²) in [6.45, 7) is 22.0. The number of carbonyl (C=O) groups excluding carboxylic acids is 2. The maximum absolute atomic E-state index is 12.9. The number of nitrogens with one attached hydrogen (secondary N) is 1. The Morgan fingerprint density at radius 2 is 1.33 bits per heavy atom. The third kappa shape index (κ3) is 11.3. The fraction of sp³-hybridized carbons (Fsp3) is 0.795. The highest BCUT2D eigenvalue weighted by atomic mass is 16.7. The number of esters is 2. The van der Waals surface area contributed by atoms with E-state index in [1.54, 1.807) is 0 Å². The van der Waals surface area contributed by atoms with Crippen LogP contribution in [0.1, 0.15) is 158 Å². The van der Waals surface area contributed by atoms with Crippen LogP contribution in [-0.4, -0.2) is 51.9 Å². The van der Waals surface area contributed by atoms with Crippen molar-refractivity contribution in [1.82, 2.24) is 10.4 Å². The first-order valence-corrected chi connectivity index (χ1v) is 18.2. The van der Waals surface area contributed by atoms with Crippen molar-refractivity contribution in [3.05, 3.63) is 35.9 Å². The molecule has 7 nitrogen and oxygen atoms in total. The smallest absolute Gasteiger partial charge is 0.306 e. The average molecular weight is 643 g/mol. The fourth-order valence-corrected chi connectivity index (χ4v) is 7.53.